The van der Waals surface area contributed by atoms with E-state index in [0.29, 0.717) is 0 Å². The van der Waals surface area contributed by atoms with Gasteiger partial charge in [-0.2, -0.15) is 0 Å². The smallest absolute Gasteiger partial charge is 0.125 e. The summed E-state index contributed by atoms with van der Waals surface area (Å²) in [4.78, 5) is 0. The summed E-state index contributed by atoms with van der Waals surface area (Å²) in [7, 11) is 0. The van der Waals surface area contributed by atoms with Crippen LogP contribution in [0, 0.1) is 11.3 Å². The minimum Gasteiger partial charge on any atom is -0.493 e. The zero-order valence-electron chi connectivity index (χ0n) is 12.3. The molecule has 0 bridgehead atoms. The van der Waals surface area contributed by atoms with Gasteiger partial charge in [0.15, 0.2) is 0 Å². The predicted molar refractivity (Wildman–Crippen MR) is 83.5 cm³/mol. The summed E-state index contributed by atoms with van der Waals surface area (Å²) in [5.74, 6) is 1.92. The topological polar surface area (TPSA) is 35.2 Å². The summed E-state index contributed by atoms with van der Waals surface area (Å²) >= 11 is 6.27. The maximum Gasteiger partial charge on any atom is 0.125 e. The lowest BCUT2D eigenvalue weighted by Crippen LogP contribution is -2.30. The normalized spacial score (nSPS) is 28.4. The van der Waals surface area contributed by atoms with Gasteiger partial charge < -0.3 is 10.5 Å². The van der Waals surface area contributed by atoms with Crippen molar-refractivity contribution in [1.82, 2.24) is 0 Å². The largest absolute Gasteiger partial charge is 0.493 e. The fraction of sp³-hybridized carbons (Fsp3) is 0.647. The van der Waals surface area contributed by atoms with Crippen LogP contribution in [0.2, 0.25) is 5.02 Å². The van der Waals surface area contributed by atoms with Gasteiger partial charge >= 0.3 is 0 Å². The van der Waals surface area contributed by atoms with Gasteiger partial charge in [-0.05, 0) is 66.8 Å². The minimum atomic E-state index is 0.255. The highest BCUT2D eigenvalue weighted by Crippen LogP contribution is 2.47. The number of halogens is 1. The van der Waals surface area contributed by atoms with Crippen LogP contribution in [0.1, 0.15) is 43.7 Å². The van der Waals surface area contributed by atoms with Gasteiger partial charge in [0.2, 0.25) is 0 Å². The van der Waals surface area contributed by atoms with Crippen molar-refractivity contribution >= 4 is 11.6 Å². The van der Waals surface area contributed by atoms with Crippen molar-refractivity contribution in [1.29, 1.82) is 0 Å². The van der Waals surface area contributed by atoms with Crippen molar-refractivity contribution in [3.63, 3.8) is 0 Å². The number of ether oxygens (including phenoxy) is 1. The Morgan fingerprint density at radius 1 is 1.45 bits per heavy atom. The Labute approximate surface area is 126 Å². The average molecular weight is 294 g/mol. The fourth-order valence-corrected chi connectivity index (χ4v) is 4.24. The van der Waals surface area contributed by atoms with E-state index >= 15 is 0 Å². The van der Waals surface area contributed by atoms with E-state index in [1.807, 2.05) is 6.07 Å². The van der Waals surface area contributed by atoms with Gasteiger partial charge in [0, 0.05) is 11.4 Å². The SMILES string of the molecule is CCC1CCC(CN)(Cc2cc(Cl)cc3c2OCC3)C1. The molecule has 2 nitrogen and oxygen atoms in total. The summed E-state index contributed by atoms with van der Waals surface area (Å²) < 4.78 is 5.84. The molecule has 1 aliphatic heterocycles. The summed E-state index contributed by atoms with van der Waals surface area (Å²) in [6.07, 6.45) is 7.08. The van der Waals surface area contributed by atoms with Crippen molar-refractivity contribution in [3.05, 3.63) is 28.3 Å². The Hall–Kier alpha value is -0.730. The van der Waals surface area contributed by atoms with Crippen molar-refractivity contribution in [2.75, 3.05) is 13.2 Å². The maximum absolute atomic E-state index is 6.27. The minimum absolute atomic E-state index is 0.255. The molecule has 0 amide bonds. The Morgan fingerprint density at radius 3 is 3.00 bits per heavy atom. The molecule has 110 valence electrons. The van der Waals surface area contributed by atoms with Crippen LogP contribution in [0.3, 0.4) is 0 Å². The molecule has 1 aromatic rings. The van der Waals surface area contributed by atoms with E-state index in [1.54, 1.807) is 0 Å². The van der Waals surface area contributed by atoms with Gasteiger partial charge in [0.25, 0.3) is 0 Å². The third-order valence-corrected chi connectivity index (χ3v) is 5.42. The third kappa shape index (κ3) is 2.56. The van der Waals surface area contributed by atoms with E-state index in [0.717, 1.165) is 42.7 Å². The first-order chi connectivity index (χ1) is 9.65. The Morgan fingerprint density at radius 2 is 2.30 bits per heavy atom. The number of nitrogens with two attached hydrogens (primary N) is 1. The van der Waals surface area contributed by atoms with E-state index in [4.69, 9.17) is 22.1 Å². The standard InChI is InChI=1S/C17H24ClNO/c1-2-12-3-5-17(9-12,11-19)10-14-8-15(18)7-13-4-6-20-16(13)14/h7-8,12H,2-6,9-11,19H2,1H3. The number of benzene rings is 1. The molecule has 2 aliphatic rings. The number of hydrogen-bond acceptors (Lipinski definition) is 2. The van der Waals surface area contributed by atoms with E-state index in [-0.39, 0.29) is 5.41 Å². The van der Waals surface area contributed by atoms with Crippen LogP contribution in [-0.4, -0.2) is 13.2 Å². The van der Waals surface area contributed by atoms with E-state index in [2.05, 4.69) is 13.0 Å². The molecule has 0 aromatic heterocycles. The molecule has 1 heterocycles. The second-order valence-electron chi connectivity index (χ2n) is 6.55. The van der Waals surface area contributed by atoms with Crippen LogP contribution >= 0.6 is 11.6 Å². The molecule has 2 unspecified atom stereocenters. The molecule has 1 aliphatic carbocycles. The third-order valence-electron chi connectivity index (χ3n) is 5.21. The average Bonchev–Trinajstić information content (AvgIpc) is 3.05. The predicted octanol–water partition coefficient (Wildman–Crippen LogP) is 3.97. The van der Waals surface area contributed by atoms with Crippen LogP contribution in [0.4, 0.5) is 0 Å². The number of rotatable bonds is 4. The Balaban J connectivity index is 1.87. The highest BCUT2D eigenvalue weighted by atomic mass is 35.5. The lowest BCUT2D eigenvalue weighted by atomic mass is 9.78. The first-order valence-electron chi connectivity index (χ1n) is 7.80. The fourth-order valence-electron chi connectivity index (χ4n) is 3.97. The highest BCUT2D eigenvalue weighted by Gasteiger charge is 2.38. The number of hydrogen-bond donors (Lipinski definition) is 1. The lowest BCUT2D eigenvalue weighted by Gasteiger charge is -2.29. The van der Waals surface area contributed by atoms with Gasteiger partial charge in [0.1, 0.15) is 5.75 Å². The molecule has 2 atom stereocenters. The molecule has 3 heteroatoms. The van der Waals surface area contributed by atoms with Gasteiger partial charge in [-0.15, -0.1) is 0 Å². The van der Waals surface area contributed by atoms with Gasteiger partial charge in [-0.1, -0.05) is 24.9 Å². The molecular formula is C17H24ClNO. The van der Waals surface area contributed by atoms with Crippen molar-refractivity contribution in [2.24, 2.45) is 17.1 Å². The Bertz CT molecular complexity index is 502. The van der Waals surface area contributed by atoms with Crippen molar-refractivity contribution in [3.8, 4) is 5.75 Å². The number of fused-ring (bicyclic) bond motifs is 1. The van der Waals surface area contributed by atoms with Crippen LogP contribution in [0.25, 0.3) is 0 Å². The van der Waals surface area contributed by atoms with Crippen molar-refractivity contribution < 1.29 is 4.74 Å². The zero-order valence-corrected chi connectivity index (χ0v) is 13.0. The van der Waals surface area contributed by atoms with E-state index < -0.39 is 0 Å². The summed E-state index contributed by atoms with van der Waals surface area (Å²) in [5.41, 5.74) is 8.94. The zero-order chi connectivity index (χ0) is 14.2. The van der Waals surface area contributed by atoms with Crippen LogP contribution in [-0.2, 0) is 12.8 Å². The molecule has 1 aromatic carbocycles. The Kier molecular flexibility index (Phi) is 3.96. The maximum atomic E-state index is 6.27. The van der Waals surface area contributed by atoms with Gasteiger partial charge in [0.05, 0.1) is 6.61 Å². The van der Waals surface area contributed by atoms with Crippen LogP contribution in [0.15, 0.2) is 12.1 Å². The molecule has 3 rings (SSSR count). The summed E-state index contributed by atoms with van der Waals surface area (Å²) in [5, 5.41) is 0.835. The lowest BCUT2D eigenvalue weighted by molar-refractivity contribution is 0.283. The molecule has 2 N–H and O–H groups in total. The van der Waals surface area contributed by atoms with Gasteiger partial charge in [-0.25, -0.2) is 0 Å². The molecule has 20 heavy (non-hydrogen) atoms. The molecule has 0 saturated heterocycles. The van der Waals surface area contributed by atoms with Crippen LogP contribution in [0.5, 0.6) is 5.75 Å². The highest BCUT2D eigenvalue weighted by molar-refractivity contribution is 6.30. The molecular weight excluding hydrogens is 270 g/mol. The van der Waals surface area contributed by atoms with Gasteiger partial charge in [-0.3, -0.25) is 0 Å². The van der Waals surface area contributed by atoms with E-state index in [9.17, 15) is 0 Å². The van der Waals surface area contributed by atoms with Crippen LogP contribution < -0.4 is 10.5 Å². The molecule has 1 saturated carbocycles. The summed E-state index contributed by atoms with van der Waals surface area (Å²) in [6, 6.07) is 4.13. The first kappa shape index (κ1) is 14.2. The first-order valence-corrected chi connectivity index (χ1v) is 8.18. The molecule has 0 spiro atoms. The van der Waals surface area contributed by atoms with Crippen molar-refractivity contribution in [2.45, 2.75) is 45.4 Å². The molecule has 1 fully saturated rings. The monoisotopic (exact) mass is 293 g/mol. The second kappa shape index (κ2) is 5.57. The molecule has 0 radical (unpaired) electrons. The van der Waals surface area contributed by atoms with E-state index in [1.165, 1.54) is 36.8 Å². The second-order valence-corrected chi connectivity index (χ2v) is 6.99. The summed E-state index contributed by atoms with van der Waals surface area (Å²) in [6.45, 7) is 3.85. The quantitative estimate of drug-likeness (QED) is 0.911.